The smallest absolute Gasteiger partial charge is 0.230 e. The van der Waals surface area contributed by atoms with Crippen LogP contribution in [0.5, 0.6) is 0 Å². The molecule has 6 heteroatoms. The monoisotopic (exact) mass is 311 g/mol. The maximum absolute atomic E-state index is 12.1. The predicted molar refractivity (Wildman–Crippen MR) is 84.9 cm³/mol. The van der Waals surface area contributed by atoms with Crippen LogP contribution >= 0.6 is 11.3 Å². The molecule has 2 heterocycles. The van der Waals surface area contributed by atoms with Gasteiger partial charge in [0.05, 0.1) is 18.9 Å². The van der Waals surface area contributed by atoms with Crippen LogP contribution in [0, 0.1) is 25.2 Å². The summed E-state index contributed by atoms with van der Waals surface area (Å²) in [7, 11) is 0. The van der Waals surface area contributed by atoms with E-state index in [0.717, 1.165) is 39.0 Å². The van der Waals surface area contributed by atoms with Crippen molar-refractivity contribution >= 4 is 33.3 Å². The molecular weight excluding hydrogens is 298 g/mol. The molecule has 0 fully saturated rings. The Morgan fingerprint density at radius 1 is 1.45 bits per heavy atom. The third kappa shape index (κ3) is 2.59. The van der Waals surface area contributed by atoms with E-state index in [0.29, 0.717) is 10.0 Å². The second-order valence-corrected chi connectivity index (χ2v) is 6.04. The number of aryl methyl sites for hydroxylation is 2. The van der Waals surface area contributed by atoms with Crippen LogP contribution in [-0.2, 0) is 11.2 Å². The van der Waals surface area contributed by atoms with Gasteiger partial charge >= 0.3 is 0 Å². The van der Waals surface area contributed by atoms with Crippen molar-refractivity contribution in [1.29, 1.82) is 5.26 Å². The SMILES string of the molecule is Cc1ccc2c(CC(=O)Nc3ncc(C#N)s3)coc2c1C. The highest BCUT2D eigenvalue weighted by Crippen LogP contribution is 2.27. The van der Waals surface area contributed by atoms with Crippen LogP contribution in [0.2, 0.25) is 0 Å². The minimum Gasteiger partial charge on any atom is -0.464 e. The number of carbonyl (C=O) groups is 1. The lowest BCUT2D eigenvalue weighted by Crippen LogP contribution is -2.13. The molecule has 1 aromatic carbocycles. The topological polar surface area (TPSA) is 78.9 Å². The zero-order valence-corrected chi connectivity index (χ0v) is 13.0. The molecule has 1 N–H and O–H groups in total. The fourth-order valence-electron chi connectivity index (χ4n) is 2.25. The molecule has 2 aromatic heterocycles. The Labute approximate surface area is 131 Å². The number of benzene rings is 1. The summed E-state index contributed by atoms with van der Waals surface area (Å²) in [6.45, 7) is 4.03. The first-order valence-electron chi connectivity index (χ1n) is 6.70. The minimum atomic E-state index is -0.181. The maximum atomic E-state index is 12.1. The van der Waals surface area contributed by atoms with Gasteiger partial charge in [-0.2, -0.15) is 5.26 Å². The lowest BCUT2D eigenvalue weighted by molar-refractivity contribution is -0.115. The van der Waals surface area contributed by atoms with Gasteiger partial charge in [0, 0.05) is 10.9 Å². The summed E-state index contributed by atoms with van der Waals surface area (Å²) in [6, 6.07) is 5.99. The molecule has 0 bridgehead atoms. The summed E-state index contributed by atoms with van der Waals surface area (Å²) in [6.07, 6.45) is 3.27. The van der Waals surface area contributed by atoms with Crippen LogP contribution in [0.1, 0.15) is 21.6 Å². The number of thiazole rings is 1. The summed E-state index contributed by atoms with van der Waals surface area (Å²) in [5.41, 5.74) is 3.91. The molecule has 110 valence electrons. The summed E-state index contributed by atoms with van der Waals surface area (Å²) < 4.78 is 5.60. The molecule has 22 heavy (non-hydrogen) atoms. The Kier molecular flexibility index (Phi) is 3.65. The molecule has 0 unspecified atom stereocenters. The van der Waals surface area contributed by atoms with E-state index in [1.54, 1.807) is 6.26 Å². The molecule has 0 spiro atoms. The molecule has 3 rings (SSSR count). The van der Waals surface area contributed by atoms with E-state index in [1.165, 1.54) is 6.20 Å². The largest absolute Gasteiger partial charge is 0.464 e. The van der Waals surface area contributed by atoms with Crippen molar-refractivity contribution < 1.29 is 9.21 Å². The lowest BCUT2D eigenvalue weighted by Gasteiger charge is -2.02. The van der Waals surface area contributed by atoms with Crippen LogP contribution < -0.4 is 5.32 Å². The van der Waals surface area contributed by atoms with Gasteiger partial charge in [-0.15, -0.1) is 0 Å². The number of hydrogen-bond acceptors (Lipinski definition) is 5. The van der Waals surface area contributed by atoms with Gasteiger partial charge in [-0.25, -0.2) is 4.98 Å². The summed E-state index contributed by atoms with van der Waals surface area (Å²) in [4.78, 5) is 16.6. The van der Waals surface area contributed by atoms with E-state index >= 15 is 0 Å². The van der Waals surface area contributed by atoms with Gasteiger partial charge in [0.2, 0.25) is 5.91 Å². The van der Waals surface area contributed by atoms with Gasteiger partial charge < -0.3 is 9.73 Å². The molecule has 1 amide bonds. The van der Waals surface area contributed by atoms with E-state index in [2.05, 4.69) is 10.3 Å². The fraction of sp³-hybridized carbons (Fsp3) is 0.188. The highest BCUT2D eigenvalue weighted by molar-refractivity contribution is 7.16. The standard InChI is InChI=1S/C16H13N3O2S/c1-9-3-4-13-11(8-21-15(13)10(9)2)5-14(20)19-16-18-7-12(6-17)22-16/h3-4,7-8H,5H2,1-2H3,(H,18,19,20). The average Bonchev–Trinajstić information content (AvgIpc) is 3.10. The van der Waals surface area contributed by atoms with Crippen LogP contribution in [-0.4, -0.2) is 10.9 Å². The number of hydrogen-bond donors (Lipinski definition) is 1. The summed E-state index contributed by atoms with van der Waals surface area (Å²) >= 11 is 1.15. The van der Waals surface area contributed by atoms with Gasteiger partial charge in [-0.1, -0.05) is 23.5 Å². The number of aromatic nitrogens is 1. The molecular formula is C16H13N3O2S. The van der Waals surface area contributed by atoms with Crippen molar-refractivity contribution in [3.63, 3.8) is 0 Å². The normalized spacial score (nSPS) is 10.6. The molecule has 0 saturated carbocycles. The molecule has 0 saturated heterocycles. The number of rotatable bonds is 3. The van der Waals surface area contributed by atoms with Gasteiger partial charge in [0.25, 0.3) is 0 Å². The first kappa shape index (κ1) is 14.3. The first-order chi connectivity index (χ1) is 10.6. The molecule has 0 atom stereocenters. The predicted octanol–water partition coefficient (Wildman–Crippen LogP) is 3.56. The number of amides is 1. The zero-order valence-electron chi connectivity index (χ0n) is 12.1. The van der Waals surface area contributed by atoms with Crippen molar-refractivity contribution in [2.75, 3.05) is 5.32 Å². The Morgan fingerprint density at radius 3 is 3.00 bits per heavy atom. The van der Waals surface area contributed by atoms with E-state index in [-0.39, 0.29) is 12.3 Å². The molecule has 0 radical (unpaired) electrons. The number of fused-ring (bicyclic) bond motifs is 1. The lowest BCUT2D eigenvalue weighted by atomic mass is 10.0. The number of nitrogens with zero attached hydrogens (tertiary/aromatic N) is 2. The quantitative estimate of drug-likeness (QED) is 0.802. The summed E-state index contributed by atoms with van der Waals surface area (Å²) in [5.74, 6) is -0.181. The number of anilines is 1. The third-order valence-corrected chi connectivity index (χ3v) is 4.37. The maximum Gasteiger partial charge on any atom is 0.230 e. The van der Waals surface area contributed by atoms with E-state index in [4.69, 9.17) is 9.68 Å². The van der Waals surface area contributed by atoms with Crippen LogP contribution in [0.25, 0.3) is 11.0 Å². The molecule has 0 aliphatic rings. The molecule has 3 aromatic rings. The molecule has 0 aliphatic heterocycles. The van der Waals surface area contributed by atoms with E-state index in [1.807, 2.05) is 32.0 Å². The molecule has 0 aliphatic carbocycles. The summed E-state index contributed by atoms with van der Waals surface area (Å²) in [5, 5.41) is 12.8. The van der Waals surface area contributed by atoms with Crippen molar-refractivity contribution in [2.24, 2.45) is 0 Å². The van der Waals surface area contributed by atoms with Crippen molar-refractivity contribution in [3.8, 4) is 6.07 Å². The van der Waals surface area contributed by atoms with Crippen molar-refractivity contribution in [3.05, 3.63) is 46.2 Å². The van der Waals surface area contributed by atoms with E-state index in [9.17, 15) is 4.79 Å². The van der Waals surface area contributed by atoms with Gasteiger partial charge in [-0.3, -0.25) is 4.79 Å². The number of carbonyl (C=O) groups excluding carboxylic acids is 1. The number of nitrogens with one attached hydrogen (secondary N) is 1. The number of nitriles is 1. The van der Waals surface area contributed by atoms with E-state index < -0.39 is 0 Å². The van der Waals surface area contributed by atoms with Crippen molar-refractivity contribution in [1.82, 2.24) is 4.98 Å². The zero-order chi connectivity index (χ0) is 15.7. The minimum absolute atomic E-state index is 0.181. The second kappa shape index (κ2) is 5.62. The Morgan fingerprint density at radius 2 is 2.27 bits per heavy atom. The highest BCUT2D eigenvalue weighted by Gasteiger charge is 2.14. The Balaban J connectivity index is 1.80. The van der Waals surface area contributed by atoms with Crippen LogP contribution in [0.15, 0.2) is 29.0 Å². The third-order valence-electron chi connectivity index (χ3n) is 3.55. The van der Waals surface area contributed by atoms with Gasteiger partial charge in [-0.05, 0) is 25.0 Å². The number of furan rings is 1. The van der Waals surface area contributed by atoms with Gasteiger partial charge in [0.15, 0.2) is 5.13 Å². The fourth-order valence-corrected chi connectivity index (χ4v) is 2.87. The van der Waals surface area contributed by atoms with Crippen LogP contribution in [0.4, 0.5) is 5.13 Å². The van der Waals surface area contributed by atoms with Crippen LogP contribution in [0.3, 0.4) is 0 Å². The van der Waals surface area contributed by atoms with Crippen molar-refractivity contribution in [2.45, 2.75) is 20.3 Å². The first-order valence-corrected chi connectivity index (χ1v) is 7.52. The second-order valence-electron chi connectivity index (χ2n) is 5.01. The average molecular weight is 311 g/mol. The molecule has 5 nitrogen and oxygen atoms in total. The Hall–Kier alpha value is -2.65. The van der Waals surface area contributed by atoms with Gasteiger partial charge in [0.1, 0.15) is 16.5 Å². The Bertz CT molecular complexity index is 902. The highest BCUT2D eigenvalue weighted by atomic mass is 32.1.